The first-order valence-electron chi connectivity index (χ1n) is 16.4. The standard InChI is InChI=1S/C21H29N7O.C15H22F3NO/c1-21(2,3)17-11-15-13-28(20(29)27-18(15)26-17)16-7-5-14(6-8-16)12-24-9-4-10-25-19(22)23;1-10(19)5-6-11-7-12(14(2,3)4)9-13(8-11)20-15(16,17)18/h5-8,11,13,24H,4,9-10,12H2,1-3H3,(H4,22,23,25)(H,26,27,29);7-10H,5-6,19H2,1-4H3/t;10-/m.1/s1. The summed E-state index contributed by atoms with van der Waals surface area (Å²) in [5.74, 6) is -0.0395. The average molecular weight is 685 g/mol. The number of aromatic nitrogens is 3. The van der Waals surface area contributed by atoms with Crippen LogP contribution in [-0.2, 0) is 23.8 Å². The van der Waals surface area contributed by atoms with Crippen molar-refractivity contribution >= 4 is 17.0 Å². The lowest BCUT2D eigenvalue weighted by Crippen LogP contribution is -2.23. The second-order valence-corrected chi connectivity index (χ2v) is 14.3. The molecule has 8 N–H and O–H groups in total. The van der Waals surface area contributed by atoms with Gasteiger partial charge in [0.25, 0.3) is 0 Å². The summed E-state index contributed by atoms with van der Waals surface area (Å²) in [4.78, 5) is 23.9. The Hall–Kier alpha value is -4.36. The molecule has 1 atom stereocenters. The number of nitrogens with one attached hydrogen (secondary N) is 2. The number of H-pyrrole nitrogens is 1. The van der Waals surface area contributed by atoms with Gasteiger partial charge in [-0.05, 0) is 85.2 Å². The number of nitrogens with zero attached hydrogens (tertiary/aromatic N) is 3. The van der Waals surface area contributed by atoms with Crippen molar-refractivity contribution in [1.82, 2.24) is 19.9 Å². The molecule has 0 amide bonds. The van der Waals surface area contributed by atoms with E-state index in [1.165, 1.54) is 12.1 Å². The molecule has 0 saturated heterocycles. The molecule has 10 nitrogen and oxygen atoms in total. The van der Waals surface area contributed by atoms with Crippen LogP contribution in [0.5, 0.6) is 5.75 Å². The smallest absolute Gasteiger partial charge is 0.406 e. The predicted molar refractivity (Wildman–Crippen MR) is 191 cm³/mol. The summed E-state index contributed by atoms with van der Waals surface area (Å²) in [7, 11) is 0. The van der Waals surface area contributed by atoms with Gasteiger partial charge < -0.3 is 32.2 Å². The van der Waals surface area contributed by atoms with Gasteiger partial charge in [-0.15, -0.1) is 13.2 Å². The minimum absolute atomic E-state index is 0.0141. The van der Waals surface area contributed by atoms with Gasteiger partial charge in [0.15, 0.2) is 5.96 Å². The number of hydrogen-bond donors (Lipinski definition) is 5. The molecule has 0 radical (unpaired) electrons. The minimum atomic E-state index is -4.67. The highest BCUT2D eigenvalue weighted by Gasteiger charge is 2.31. The average Bonchev–Trinajstić information content (AvgIpc) is 3.40. The fourth-order valence-corrected chi connectivity index (χ4v) is 4.83. The van der Waals surface area contributed by atoms with Crippen LogP contribution in [-0.4, -0.2) is 46.0 Å². The number of aryl methyl sites for hydroxylation is 1. The highest BCUT2D eigenvalue weighted by atomic mass is 19.4. The normalized spacial score (nSPS) is 12.7. The summed E-state index contributed by atoms with van der Waals surface area (Å²) in [6.07, 6.45) is -0.610. The Morgan fingerprint density at radius 3 is 2.24 bits per heavy atom. The topological polar surface area (TPSA) is 162 Å². The lowest BCUT2D eigenvalue weighted by molar-refractivity contribution is -0.274. The largest absolute Gasteiger partial charge is 0.573 e. The van der Waals surface area contributed by atoms with Crippen LogP contribution >= 0.6 is 0 Å². The molecule has 0 saturated carbocycles. The Morgan fingerprint density at radius 2 is 1.67 bits per heavy atom. The summed E-state index contributed by atoms with van der Waals surface area (Å²) < 4.78 is 42.8. The van der Waals surface area contributed by atoms with Gasteiger partial charge in [0.1, 0.15) is 11.4 Å². The molecule has 2 aromatic carbocycles. The monoisotopic (exact) mass is 684 g/mol. The first kappa shape index (κ1) is 39.1. The molecule has 268 valence electrons. The number of rotatable bonds is 11. The number of ether oxygens (including phenoxy) is 1. The number of aliphatic imine (C=N–C) groups is 1. The molecular formula is C36H51F3N8O2. The maximum absolute atomic E-state index is 12.5. The van der Waals surface area contributed by atoms with E-state index < -0.39 is 6.36 Å². The zero-order chi connectivity index (χ0) is 36.6. The fourth-order valence-electron chi connectivity index (χ4n) is 4.83. The summed E-state index contributed by atoms with van der Waals surface area (Å²) in [6, 6.07) is 14.8. The van der Waals surface area contributed by atoms with E-state index in [2.05, 4.69) is 51.9 Å². The third kappa shape index (κ3) is 12.9. The Bertz CT molecular complexity index is 1740. The molecule has 0 aliphatic carbocycles. The van der Waals surface area contributed by atoms with Crippen molar-refractivity contribution in [2.24, 2.45) is 22.2 Å². The predicted octanol–water partition coefficient (Wildman–Crippen LogP) is 5.93. The fraction of sp³-hybridized carbons (Fsp3) is 0.472. The Kier molecular flexibility index (Phi) is 13.0. The zero-order valence-electron chi connectivity index (χ0n) is 29.5. The summed E-state index contributed by atoms with van der Waals surface area (Å²) >= 11 is 0. The van der Waals surface area contributed by atoms with Gasteiger partial charge in [-0.2, -0.15) is 4.98 Å². The molecular weight excluding hydrogens is 633 g/mol. The van der Waals surface area contributed by atoms with Crippen LogP contribution in [0.25, 0.3) is 16.7 Å². The highest BCUT2D eigenvalue weighted by Crippen LogP contribution is 2.31. The van der Waals surface area contributed by atoms with E-state index in [-0.39, 0.29) is 34.3 Å². The quantitative estimate of drug-likeness (QED) is 0.0743. The number of fused-ring (bicyclic) bond motifs is 1. The van der Waals surface area contributed by atoms with E-state index in [1.54, 1.807) is 4.57 Å². The minimum Gasteiger partial charge on any atom is -0.406 e. The Balaban J connectivity index is 0.000000286. The number of guanidine groups is 1. The second kappa shape index (κ2) is 16.4. The molecule has 2 aromatic heterocycles. The van der Waals surface area contributed by atoms with Crippen LogP contribution in [0.4, 0.5) is 13.2 Å². The van der Waals surface area contributed by atoms with Crippen molar-refractivity contribution in [2.75, 3.05) is 13.1 Å². The number of alkyl halides is 3. The van der Waals surface area contributed by atoms with Crippen molar-refractivity contribution < 1.29 is 17.9 Å². The van der Waals surface area contributed by atoms with Crippen molar-refractivity contribution in [2.45, 2.75) is 97.5 Å². The van der Waals surface area contributed by atoms with E-state index in [9.17, 15) is 18.0 Å². The molecule has 2 heterocycles. The molecule has 0 aliphatic heterocycles. The first-order chi connectivity index (χ1) is 22.7. The molecule has 4 rings (SSSR count). The maximum atomic E-state index is 12.5. The van der Waals surface area contributed by atoms with E-state index >= 15 is 0 Å². The zero-order valence-corrected chi connectivity index (χ0v) is 29.5. The number of benzene rings is 2. The molecule has 49 heavy (non-hydrogen) atoms. The van der Waals surface area contributed by atoms with Crippen LogP contribution in [0.3, 0.4) is 0 Å². The number of aromatic amines is 1. The Morgan fingerprint density at radius 1 is 1.00 bits per heavy atom. The molecule has 0 bridgehead atoms. The number of halogens is 3. The third-order valence-electron chi connectivity index (χ3n) is 7.62. The van der Waals surface area contributed by atoms with Crippen molar-refractivity contribution in [3.63, 3.8) is 0 Å². The summed E-state index contributed by atoms with van der Waals surface area (Å²) in [5.41, 5.74) is 20.9. The SMILES string of the molecule is CC(C)(C)c1cc2cn(-c3ccc(CNCCCN=C(N)N)cc3)c(=O)nc2[nH]1.C[C@@H](N)CCc1cc(OC(F)(F)F)cc(C(C)(C)C)c1. The van der Waals surface area contributed by atoms with Crippen LogP contribution in [0.2, 0.25) is 0 Å². The van der Waals surface area contributed by atoms with Crippen molar-refractivity contribution in [3.8, 4) is 11.4 Å². The van der Waals surface area contributed by atoms with E-state index in [4.69, 9.17) is 17.2 Å². The van der Waals surface area contributed by atoms with Crippen LogP contribution in [0.15, 0.2) is 64.5 Å². The molecule has 0 spiro atoms. The Labute approximate surface area is 286 Å². The van der Waals surface area contributed by atoms with Gasteiger partial charge in [-0.25, -0.2) is 4.79 Å². The second-order valence-electron chi connectivity index (χ2n) is 14.3. The number of hydrogen-bond acceptors (Lipinski definition) is 6. The number of nitrogens with two attached hydrogens (primary N) is 3. The molecule has 0 unspecified atom stereocenters. The van der Waals surface area contributed by atoms with Crippen LogP contribution in [0.1, 0.15) is 83.7 Å². The summed E-state index contributed by atoms with van der Waals surface area (Å²) in [5, 5.41) is 4.27. The molecule has 4 aromatic rings. The lowest BCUT2D eigenvalue weighted by Gasteiger charge is -2.22. The van der Waals surface area contributed by atoms with Crippen LogP contribution < -0.4 is 32.9 Å². The van der Waals surface area contributed by atoms with E-state index in [0.717, 1.165) is 59.4 Å². The van der Waals surface area contributed by atoms with Gasteiger partial charge in [0.2, 0.25) is 0 Å². The molecule has 0 aliphatic rings. The van der Waals surface area contributed by atoms with E-state index in [1.807, 2.05) is 64.2 Å². The van der Waals surface area contributed by atoms with Gasteiger partial charge in [0, 0.05) is 41.8 Å². The third-order valence-corrected chi connectivity index (χ3v) is 7.62. The highest BCUT2D eigenvalue weighted by molar-refractivity contribution is 5.76. The first-order valence-corrected chi connectivity index (χ1v) is 16.4. The van der Waals surface area contributed by atoms with Gasteiger partial charge in [-0.3, -0.25) is 9.56 Å². The summed E-state index contributed by atoms with van der Waals surface area (Å²) in [6.45, 7) is 16.3. The lowest BCUT2D eigenvalue weighted by atomic mass is 9.85. The van der Waals surface area contributed by atoms with Gasteiger partial charge >= 0.3 is 12.1 Å². The van der Waals surface area contributed by atoms with Gasteiger partial charge in [0.05, 0.1) is 5.69 Å². The van der Waals surface area contributed by atoms with Crippen molar-refractivity contribution in [3.05, 3.63) is 87.6 Å². The van der Waals surface area contributed by atoms with Crippen LogP contribution in [0, 0.1) is 0 Å². The molecule has 13 heteroatoms. The van der Waals surface area contributed by atoms with Crippen molar-refractivity contribution in [1.29, 1.82) is 0 Å². The van der Waals surface area contributed by atoms with E-state index in [0.29, 0.717) is 18.6 Å². The molecule has 0 fully saturated rings. The van der Waals surface area contributed by atoms with Gasteiger partial charge in [-0.1, -0.05) is 59.7 Å². The maximum Gasteiger partial charge on any atom is 0.573 e.